The van der Waals surface area contributed by atoms with Gasteiger partial charge in [0.25, 0.3) is 0 Å². The van der Waals surface area contributed by atoms with Crippen molar-refractivity contribution in [1.82, 2.24) is 14.5 Å². The van der Waals surface area contributed by atoms with E-state index in [-0.39, 0.29) is 18.7 Å². The van der Waals surface area contributed by atoms with E-state index in [1.54, 1.807) is 0 Å². The van der Waals surface area contributed by atoms with Crippen LogP contribution in [0.3, 0.4) is 0 Å². The third kappa shape index (κ3) is 5.70. The van der Waals surface area contributed by atoms with Crippen molar-refractivity contribution < 1.29 is 13.2 Å². The summed E-state index contributed by atoms with van der Waals surface area (Å²) in [6, 6.07) is 14.2. The third-order valence-corrected chi connectivity index (χ3v) is 7.82. The van der Waals surface area contributed by atoms with Gasteiger partial charge in [-0.05, 0) is 41.7 Å². The maximum Gasteiger partial charge on any atom is 0.208 e. The summed E-state index contributed by atoms with van der Waals surface area (Å²) in [7, 11) is -3.19. The summed E-state index contributed by atoms with van der Waals surface area (Å²) in [5.74, 6) is 0.665. The lowest BCUT2D eigenvalue weighted by Crippen LogP contribution is -2.44. The highest BCUT2D eigenvalue weighted by atomic mass is 35.5. The van der Waals surface area contributed by atoms with Crippen molar-refractivity contribution in [3.05, 3.63) is 70.5 Å². The van der Waals surface area contributed by atoms with Crippen LogP contribution < -0.4 is 9.46 Å². The SMILES string of the molecule is CC(C)(c1ccc(-c2cnn(C3CC(NS(C)(=O)=O)C3)c2)cc1)c1cc(Cl)c(OCCCl)c(C#N)c1. The minimum Gasteiger partial charge on any atom is -0.489 e. The second kappa shape index (κ2) is 10.4. The zero-order valence-electron chi connectivity index (χ0n) is 20.3. The predicted molar refractivity (Wildman–Crippen MR) is 142 cm³/mol. The van der Waals surface area contributed by atoms with Crippen LogP contribution in [0.15, 0.2) is 48.8 Å². The molecule has 0 radical (unpaired) electrons. The number of rotatable bonds is 9. The van der Waals surface area contributed by atoms with E-state index in [2.05, 4.69) is 54.0 Å². The number of nitrogens with one attached hydrogen (secondary N) is 1. The van der Waals surface area contributed by atoms with E-state index < -0.39 is 15.4 Å². The fourth-order valence-electron chi connectivity index (χ4n) is 4.46. The van der Waals surface area contributed by atoms with E-state index in [4.69, 9.17) is 27.9 Å². The second-order valence-electron chi connectivity index (χ2n) is 9.61. The van der Waals surface area contributed by atoms with Crippen LogP contribution in [0.25, 0.3) is 11.1 Å². The molecule has 0 saturated heterocycles. The highest BCUT2D eigenvalue weighted by molar-refractivity contribution is 7.88. The summed E-state index contributed by atoms with van der Waals surface area (Å²) in [6.45, 7) is 4.45. The minimum atomic E-state index is -3.19. The van der Waals surface area contributed by atoms with Gasteiger partial charge in [0.15, 0.2) is 5.75 Å². The number of aromatic nitrogens is 2. The Balaban J connectivity index is 1.50. The molecule has 36 heavy (non-hydrogen) atoms. The normalized spacial score (nSPS) is 17.9. The first-order valence-electron chi connectivity index (χ1n) is 11.6. The Labute approximate surface area is 222 Å². The van der Waals surface area contributed by atoms with E-state index in [0.29, 0.717) is 22.2 Å². The molecular formula is C26H28Cl2N4O3S. The van der Waals surface area contributed by atoms with Crippen LogP contribution in [0, 0.1) is 11.3 Å². The van der Waals surface area contributed by atoms with Gasteiger partial charge in [-0.1, -0.05) is 49.7 Å². The van der Waals surface area contributed by atoms with Gasteiger partial charge in [0.1, 0.15) is 12.7 Å². The third-order valence-electron chi connectivity index (χ3n) is 6.62. The molecule has 0 spiro atoms. The molecule has 0 unspecified atom stereocenters. The minimum absolute atomic E-state index is 0.0322. The van der Waals surface area contributed by atoms with Crippen LogP contribution >= 0.6 is 23.2 Å². The summed E-state index contributed by atoms with van der Waals surface area (Å²) < 4.78 is 32.9. The van der Waals surface area contributed by atoms with Gasteiger partial charge in [-0.3, -0.25) is 4.68 Å². The summed E-state index contributed by atoms with van der Waals surface area (Å²) in [4.78, 5) is 0. The molecule has 2 aromatic carbocycles. The van der Waals surface area contributed by atoms with Gasteiger partial charge in [0.2, 0.25) is 10.0 Å². The molecular weight excluding hydrogens is 519 g/mol. The van der Waals surface area contributed by atoms with Crippen molar-refractivity contribution in [2.45, 2.75) is 44.2 Å². The highest BCUT2D eigenvalue weighted by Crippen LogP contribution is 2.39. The molecule has 0 aliphatic heterocycles. The van der Waals surface area contributed by atoms with Crippen LogP contribution in [-0.2, 0) is 15.4 Å². The van der Waals surface area contributed by atoms with Gasteiger partial charge >= 0.3 is 0 Å². The van der Waals surface area contributed by atoms with Crippen LogP contribution in [0.5, 0.6) is 5.75 Å². The van der Waals surface area contributed by atoms with Gasteiger partial charge < -0.3 is 4.74 Å². The Morgan fingerprint density at radius 2 is 1.89 bits per heavy atom. The molecule has 1 saturated carbocycles. The van der Waals surface area contributed by atoms with Crippen molar-refractivity contribution in [3.63, 3.8) is 0 Å². The standard InChI is InChI=1S/C26H28Cl2N4O3S/c1-26(2,21-10-18(14-29)25(24(28)11-21)35-9-8-27)20-6-4-17(5-7-20)19-15-30-32(16-19)23-12-22(13-23)31-36(3,33)34/h4-7,10-11,15-16,22-23,31H,8-9,12-13H2,1-3H3. The average molecular weight is 548 g/mol. The number of hydrogen-bond donors (Lipinski definition) is 1. The number of sulfonamides is 1. The van der Waals surface area contributed by atoms with E-state index in [9.17, 15) is 13.7 Å². The maximum atomic E-state index is 11.4. The number of benzene rings is 2. The fourth-order valence-corrected chi connectivity index (χ4v) is 5.61. The molecule has 1 heterocycles. The van der Waals surface area contributed by atoms with Crippen molar-refractivity contribution in [2.24, 2.45) is 0 Å². The number of alkyl halides is 1. The first-order chi connectivity index (χ1) is 17.0. The fraction of sp³-hybridized carbons (Fsp3) is 0.385. The first-order valence-corrected chi connectivity index (χ1v) is 14.4. The summed E-state index contributed by atoms with van der Waals surface area (Å²) in [5, 5.41) is 14.5. The monoisotopic (exact) mass is 546 g/mol. The Kier molecular flexibility index (Phi) is 7.67. The highest BCUT2D eigenvalue weighted by Gasteiger charge is 2.33. The predicted octanol–water partition coefficient (Wildman–Crippen LogP) is 5.27. The maximum absolute atomic E-state index is 11.4. The van der Waals surface area contributed by atoms with Gasteiger partial charge in [-0.15, -0.1) is 11.6 Å². The molecule has 0 atom stereocenters. The topological polar surface area (TPSA) is 97.0 Å². The van der Waals surface area contributed by atoms with E-state index in [0.717, 1.165) is 35.1 Å². The number of nitriles is 1. The molecule has 190 valence electrons. The molecule has 0 bridgehead atoms. The molecule has 1 fully saturated rings. The van der Waals surface area contributed by atoms with Crippen LogP contribution in [-0.4, -0.2) is 43.0 Å². The summed E-state index contributed by atoms with van der Waals surface area (Å²) in [6.07, 6.45) is 6.46. The van der Waals surface area contributed by atoms with E-state index in [1.807, 2.05) is 29.2 Å². The molecule has 4 rings (SSSR count). The van der Waals surface area contributed by atoms with E-state index in [1.165, 1.54) is 6.26 Å². The first kappa shape index (κ1) is 26.5. The molecule has 1 N–H and O–H groups in total. The number of halogens is 2. The second-order valence-corrected chi connectivity index (χ2v) is 12.2. The Hall–Kier alpha value is -2.57. The van der Waals surface area contributed by atoms with Crippen molar-refractivity contribution in [2.75, 3.05) is 18.7 Å². The summed E-state index contributed by atoms with van der Waals surface area (Å²) >= 11 is 12.2. The van der Waals surface area contributed by atoms with Gasteiger partial charge in [0, 0.05) is 23.2 Å². The Bertz CT molecular complexity index is 1390. The molecule has 0 amide bonds. The van der Waals surface area contributed by atoms with Crippen molar-refractivity contribution in [3.8, 4) is 22.9 Å². The van der Waals surface area contributed by atoms with E-state index >= 15 is 0 Å². The smallest absolute Gasteiger partial charge is 0.208 e. The summed E-state index contributed by atoms with van der Waals surface area (Å²) in [5.41, 5.74) is 3.98. The molecule has 7 nitrogen and oxygen atoms in total. The number of nitrogens with zero attached hydrogens (tertiary/aromatic N) is 3. The lowest BCUT2D eigenvalue weighted by atomic mass is 9.77. The largest absolute Gasteiger partial charge is 0.489 e. The molecule has 1 aliphatic carbocycles. The molecule has 10 heteroatoms. The lowest BCUT2D eigenvalue weighted by molar-refractivity contribution is 0.233. The zero-order chi connectivity index (χ0) is 26.1. The van der Waals surface area contributed by atoms with Crippen molar-refractivity contribution >= 4 is 33.2 Å². The van der Waals surface area contributed by atoms with Crippen LogP contribution in [0.2, 0.25) is 5.02 Å². The number of hydrogen-bond acceptors (Lipinski definition) is 5. The molecule has 1 aromatic heterocycles. The average Bonchev–Trinajstić information content (AvgIpc) is 3.29. The number of ether oxygens (including phenoxy) is 1. The lowest BCUT2D eigenvalue weighted by Gasteiger charge is -2.35. The molecule has 1 aliphatic rings. The quantitative estimate of drug-likeness (QED) is 0.368. The van der Waals surface area contributed by atoms with Gasteiger partial charge in [-0.2, -0.15) is 10.4 Å². The van der Waals surface area contributed by atoms with Crippen LogP contribution in [0.4, 0.5) is 0 Å². The Morgan fingerprint density at radius 3 is 2.50 bits per heavy atom. The van der Waals surface area contributed by atoms with Crippen LogP contribution in [0.1, 0.15) is 49.4 Å². The van der Waals surface area contributed by atoms with Crippen molar-refractivity contribution in [1.29, 1.82) is 5.26 Å². The zero-order valence-corrected chi connectivity index (χ0v) is 22.7. The van der Waals surface area contributed by atoms with Gasteiger partial charge in [0.05, 0.1) is 35.0 Å². The van der Waals surface area contributed by atoms with Gasteiger partial charge in [-0.25, -0.2) is 13.1 Å². The Morgan fingerprint density at radius 1 is 1.19 bits per heavy atom. The molecule has 3 aromatic rings.